The summed E-state index contributed by atoms with van der Waals surface area (Å²) in [6.07, 6.45) is 0.904. The lowest BCUT2D eigenvalue weighted by molar-refractivity contribution is -0.140. The summed E-state index contributed by atoms with van der Waals surface area (Å²) >= 11 is 0. The van der Waals surface area contributed by atoms with Gasteiger partial charge in [0.05, 0.1) is 39.0 Å². The third-order valence-corrected chi connectivity index (χ3v) is 10.1. The molecule has 0 aliphatic rings. The van der Waals surface area contributed by atoms with E-state index in [2.05, 4.69) is 5.32 Å². The van der Waals surface area contributed by atoms with Crippen molar-refractivity contribution in [3.63, 3.8) is 0 Å². The molecular weight excluding hydrogens is 658 g/mol. The van der Waals surface area contributed by atoms with E-state index in [4.69, 9.17) is 18.9 Å². The zero-order valence-corrected chi connectivity index (χ0v) is 30.2. The van der Waals surface area contributed by atoms with E-state index in [0.29, 0.717) is 24.5 Å². The van der Waals surface area contributed by atoms with Crippen molar-refractivity contribution in [1.82, 2.24) is 10.2 Å². The molecule has 11 nitrogen and oxygen atoms in total. The average Bonchev–Trinajstić information content (AvgIpc) is 3.14. The van der Waals surface area contributed by atoms with Gasteiger partial charge in [-0.1, -0.05) is 61.5 Å². The van der Waals surface area contributed by atoms with Gasteiger partial charge in [0.2, 0.25) is 11.8 Å². The van der Waals surface area contributed by atoms with Gasteiger partial charge in [-0.05, 0) is 54.3 Å². The van der Waals surface area contributed by atoms with E-state index in [-0.39, 0.29) is 41.0 Å². The number of rotatable bonds is 17. The molecule has 266 valence electrons. The van der Waals surface area contributed by atoms with Crippen molar-refractivity contribution in [3.8, 4) is 23.0 Å². The van der Waals surface area contributed by atoms with E-state index in [1.165, 1.54) is 57.6 Å². The van der Waals surface area contributed by atoms with Gasteiger partial charge in [0.1, 0.15) is 24.1 Å². The summed E-state index contributed by atoms with van der Waals surface area (Å²) in [7, 11) is 1.23. The van der Waals surface area contributed by atoms with Crippen molar-refractivity contribution in [2.75, 3.05) is 45.8 Å². The van der Waals surface area contributed by atoms with E-state index in [1.807, 2.05) is 68.4 Å². The molecule has 0 radical (unpaired) electrons. The fourth-order valence-corrected chi connectivity index (χ4v) is 6.93. The topological polar surface area (TPSA) is 124 Å². The molecule has 4 aromatic carbocycles. The number of hydrogen-bond donors (Lipinski definition) is 1. The monoisotopic (exact) mass is 703 g/mol. The highest BCUT2D eigenvalue weighted by Gasteiger charge is 2.36. The molecule has 4 rings (SSSR count). The number of aryl methyl sites for hydroxylation is 1. The summed E-state index contributed by atoms with van der Waals surface area (Å²) in [4.78, 5) is 30.1. The second kappa shape index (κ2) is 17.4. The predicted molar refractivity (Wildman–Crippen MR) is 193 cm³/mol. The van der Waals surface area contributed by atoms with Gasteiger partial charge in [-0.25, -0.2) is 8.42 Å². The molecule has 0 aromatic heterocycles. The number of methoxy groups -OCH3 is 4. The molecule has 4 aromatic rings. The first-order valence-electron chi connectivity index (χ1n) is 16.2. The van der Waals surface area contributed by atoms with Crippen LogP contribution < -0.4 is 28.6 Å². The van der Waals surface area contributed by atoms with Gasteiger partial charge in [0, 0.05) is 31.6 Å². The third kappa shape index (κ3) is 8.86. The smallest absolute Gasteiger partial charge is 0.265 e. The minimum absolute atomic E-state index is 0.0576. The summed E-state index contributed by atoms with van der Waals surface area (Å²) in [6, 6.07) is 24.9. The fraction of sp³-hybridized carbons (Fsp3) is 0.316. The highest BCUT2D eigenvalue weighted by Crippen LogP contribution is 2.38. The average molecular weight is 704 g/mol. The van der Waals surface area contributed by atoms with Crippen LogP contribution in [0, 0.1) is 6.92 Å². The van der Waals surface area contributed by atoms with Crippen molar-refractivity contribution >= 4 is 27.5 Å². The largest absolute Gasteiger partial charge is 0.497 e. The lowest BCUT2D eigenvalue weighted by Gasteiger charge is -2.34. The molecule has 1 N–H and O–H groups in total. The molecule has 0 bridgehead atoms. The highest BCUT2D eigenvalue weighted by molar-refractivity contribution is 7.92. The standard InChI is InChI=1S/C38H45N3O8S/c1-7-21-39-38(43)33(22-28-14-9-8-10-15-28)40(25-29-16-12-11-13-27(29)2)37(42)26-41(32-23-30(46-3)17-19-34(32)47-4)50(44,45)31-18-20-35(48-5)36(24-31)49-6/h8-20,23-24,33H,7,21-22,25-26H2,1-6H3,(H,39,43). The van der Waals surface area contributed by atoms with Crippen LogP contribution in [0.25, 0.3) is 0 Å². The van der Waals surface area contributed by atoms with E-state index < -0.39 is 28.5 Å². The normalized spacial score (nSPS) is 11.6. The molecule has 0 saturated heterocycles. The maximum absolute atomic E-state index is 14.8. The Labute approximate surface area is 294 Å². The Morgan fingerprint density at radius 1 is 0.780 bits per heavy atom. The van der Waals surface area contributed by atoms with Crippen LogP contribution in [0.15, 0.2) is 95.9 Å². The summed E-state index contributed by atoms with van der Waals surface area (Å²) < 4.78 is 52.1. The number of benzene rings is 4. The van der Waals surface area contributed by atoms with Crippen LogP contribution in [0.4, 0.5) is 5.69 Å². The molecule has 0 heterocycles. The van der Waals surface area contributed by atoms with Gasteiger partial charge in [-0.3, -0.25) is 13.9 Å². The van der Waals surface area contributed by atoms with Crippen molar-refractivity contribution < 1.29 is 37.0 Å². The van der Waals surface area contributed by atoms with Gasteiger partial charge in [0.15, 0.2) is 11.5 Å². The highest BCUT2D eigenvalue weighted by atomic mass is 32.2. The summed E-state index contributed by atoms with van der Waals surface area (Å²) in [5.41, 5.74) is 2.65. The number of hydrogen-bond acceptors (Lipinski definition) is 8. The Kier molecular flexibility index (Phi) is 13.1. The van der Waals surface area contributed by atoms with Crippen LogP contribution in [0.2, 0.25) is 0 Å². The first kappa shape index (κ1) is 37.6. The van der Waals surface area contributed by atoms with Crippen LogP contribution in [-0.2, 0) is 32.6 Å². The zero-order valence-electron chi connectivity index (χ0n) is 29.3. The molecule has 12 heteroatoms. The van der Waals surface area contributed by atoms with E-state index in [1.54, 1.807) is 12.1 Å². The number of carbonyl (C=O) groups is 2. The molecule has 0 aliphatic heterocycles. The van der Waals surface area contributed by atoms with Gasteiger partial charge in [-0.15, -0.1) is 0 Å². The molecule has 0 saturated carbocycles. The Hall–Kier alpha value is -5.23. The van der Waals surface area contributed by atoms with Crippen LogP contribution in [-0.4, -0.2) is 72.7 Å². The Morgan fingerprint density at radius 3 is 2.08 bits per heavy atom. The number of ether oxygens (including phenoxy) is 4. The molecule has 2 amide bonds. The summed E-state index contributed by atoms with van der Waals surface area (Å²) in [6.45, 7) is 3.68. The lowest BCUT2D eigenvalue weighted by atomic mass is 10.0. The fourth-order valence-electron chi connectivity index (χ4n) is 5.50. The van der Waals surface area contributed by atoms with E-state index in [0.717, 1.165) is 21.0 Å². The van der Waals surface area contributed by atoms with Crippen molar-refractivity contribution in [1.29, 1.82) is 0 Å². The van der Waals surface area contributed by atoms with Gasteiger partial charge in [-0.2, -0.15) is 0 Å². The van der Waals surface area contributed by atoms with Crippen LogP contribution in [0.5, 0.6) is 23.0 Å². The van der Waals surface area contributed by atoms with E-state index >= 15 is 0 Å². The second-order valence-electron chi connectivity index (χ2n) is 11.5. The third-order valence-electron chi connectivity index (χ3n) is 8.30. The molecule has 0 fully saturated rings. The molecule has 0 spiro atoms. The van der Waals surface area contributed by atoms with Crippen molar-refractivity contribution in [2.24, 2.45) is 0 Å². The molecule has 1 unspecified atom stereocenters. The second-order valence-corrected chi connectivity index (χ2v) is 13.4. The summed E-state index contributed by atoms with van der Waals surface area (Å²) in [5.74, 6) is 0.113. The summed E-state index contributed by atoms with van der Waals surface area (Å²) in [5, 5.41) is 2.96. The van der Waals surface area contributed by atoms with Crippen molar-refractivity contribution in [3.05, 3.63) is 108 Å². The zero-order chi connectivity index (χ0) is 36.3. The van der Waals surface area contributed by atoms with Crippen molar-refractivity contribution in [2.45, 2.75) is 44.2 Å². The molecular formula is C38H45N3O8S. The SMILES string of the molecule is CCCNC(=O)C(Cc1ccccc1)N(Cc1ccccc1C)C(=O)CN(c1cc(OC)ccc1OC)S(=O)(=O)c1ccc(OC)c(OC)c1. The molecule has 0 aliphatic carbocycles. The maximum Gasteiger partial charge on any atom is 0.265 e. The minimum atomic E-state index is -4.48. The van der Waals surface area contributed by atoms with Gasteiger partial charge in [0.25, 0.3) is 10.0 Å². The van der Waals surface area contributed by atoms with Gasteiger partial charge < -0.3 is 29.2 Å². The number of carbonyl (C=O) groups excluding carboxylic acids is 2. The number of sulfonamides is 1. The predicted octanol–water partition coefficient (Wildman–Crippen LogP) is 5.39. The van der Waals surface area contributed by atoms with Gasteiger partial charge >= 0.3 is 0 Å². The minimum Gasteiger partial charge on any atom is -0.497 e. The van der Waals surface area contributed by atoms with Crippen LogP contribution >= 0.6 is 0 Å². The Balaban J connectivity index is 1.90. The quantitative estimate of drug-likeness (QED) is 0.155. The Morgan fingerprint density at radius 2 is 1.44 bits per heavy atom. The molecule has 1 atom stereocenters. The lowest BCUT2D eigenvalue weighted by Crippen LogP contribution is -2.53. The molecule has 50 heavy (non-hydrogen) atoms. The number of amides is 2. The van der Waals surface area contributed by atoms with Crippen LogP contribution in [0.1, 0.15) is 30.0 Å². The van der Waals surface area contributed by atoms with Crippen LogP contribution in [0.3, 0.4) is 0 Å². The Bertz CT molecular complexity index is 1870. The first-order valence-corrected chi connectivity index (χ1v) is 17.6. The number of anilines is 1. The van der Waals surface area contributed by atoms with E-state index in [9.17, 15) is 18.0 Å². The number of nitrogens with one attached hydrogen (secondary N) is 1. The number of nitrogens with zero attached hydrogens (tertiary/aromatic N) is 2. The maximum atomic E-state index is 14.8. The first-order chi connectivity index (χ1) is 24.1.